The smallest absolute Gasteiger partial charge is 0.263 e. The second kappa shape index (κ2) is 7.56. The van der Waals surface area contributed by atoms with Gasteiger partial charge in [0.15, 0.2) is 0 Å². The van der Waals surface area contributed by atoms with Crippen LogP contribution in [0.4, 0.5) is 11.5 Å². The largest absolute Gasteiger partial charge is 0.355 e. The molecule has 1 aliphatic heterocycles. The predicted molar refractivity (Wildman–Crippen MR) is 106 cm³/mol. The standard InChI is InChI=1S/C19H21N5O2S/c1-12-16-17(20-11-21-19(16)26-23-12)24-8-4-5-13(10-24)18(25)22-14-6-3-7-15(9-14)27-2/h3,6-7,9,11,13H,4-5,8,10H2,1-2H3,(H,22,25). The molecule has 8 heteroatoms. The molecule has 1 fully saturated rings. The van der Waals surface area contributed by atoms with Gasteiger partial charge in [0, 0.05) is 23.7 Å². The molecular weight excluding hydrogens is 362 g/mol. The quantitative estimate of drug-likeness (QED) is 0.690. The zero-order valence-corrected chi connectivity index (χ0v) is 16.1. The topological polar surface area (TPSA) is 84.2 Å². The van der Waals surface area contributed by atoms with E-state index in [1.165, 1.54) is 6.33 Å². The summed E-state index contributed by atoms with van der Waals surface area (Å²) in [6.07, 6.45) is 5.30. The van der Waals surface area contributed by atoms with Gasteiger partial charge in [0.1, 0.15) is 17.5 Å². The highest BCUT2D eigenvalue weighted by atomic mass is 32.2. The second-order valence-electron chi connectivity index (χ2n) is 6.65. The number of piperidine rings is 1. The van der Waals surface area contributed by atoms with Gasteiger partial charge in [0.2, 0.25) is 5.91 Å². The number of thioether (sulfide) groups is 1. The van der Waals surface area contributed by atoms with Crippen molar-refractivity contribution in [1.29, 1.82) is 0 Å². The summed E-state index contributed by atoms with van der Waals surface area (Å²) in [5.74, 6) is 0.743. The van der Waals surface area contributed by atoms with Crippen LogP contribution >= 0.6 is 11.8 Å². The van der Waals surface area contributed by atoms with Gasteiger partial charge in [0.05, 0.1) is 11.6 Å². The van der Waals surface area contributed by atoms with Gasteiger partial charge < -0.3 is 14.7 Å². The van der Waals surface area contributed by atoms with E-state index in [9.17, 15) is 4.79 Å². The second-order valence-corrected chi connectivity index (χ2v) is 7.53. The van der Waals surface area contributed by atoms with Crippen LogP contribution in [0.25, 0.3) is 11.1 Å². The highest BCUT2D eigenvalue weighted by Gasteiger charge is 2.28. The van der Waals surface area contributed by atoms with Crippen LogP contribution in [0, 0.1) is 12.8 Å². The summed E-state index contributed by atoms with van der Waals surface area (Å²) in [7, 11) is 0. The minimum Gasteiger partial charge on any atom is -0.355 e. The first-order valence-corrected chi connectivity index (χ1v) is 10.1. The predicted octanol–water partition coefficient (Wildman–Crippen LogP) is 3.50. The first kappa shape index (κ1) is 17.8. The fraction of sp³-hybridized carbons (Fsp3) is 0.368. The van der Waals surface area contributed by atoms with Crippen LogP contribution in [0.2, 0.25) is 0 Å². The third-order valence-electron chi connectivity index (χ3n) is 4.85. The Kier molecular flexibility index (Phi) is 4.98. The number of amides is 1. The molecule has 4 rings (SSSR count). The number of hydrogen-bond donors (Lipinski definition) is 1. The van der Waals surface area contributed by atoms with Crippen molar-refractivity contribution in [3.05, 3.63) is 36.3 Å². The fourth-order valence-corrected chi connectivity index (χ4v) is 3.93. The number of nitrogens with one attached hydrogen (secondary N) is 1. The van der Waals surface area contributed by atoms with Gasteiger partial charge in [-0.05, 0) is 44.2 Å². The highest BCUT2D eigenvalue weighted by Crippen LogP contribution is 2.30. The van der Waals surface area contributed by atoms with E-state index >= 15 is 0 Å². The fourth-order valence-electron chi connectivity index (χ4n) is 3.47. The van der Waals surface area contributed by atoms with Gasteiger partial charge in [-0.3, -0.25) is 4.79 Å². The molecule has 1 aliphatic rings. The summed E-state index contributed by atoms with van der Waals surface area (Å²) in [6, 6.07) is 7.91. The molecule has 1 atom stereocenters. The molecule has 7 nitrogen and oxygen atoms in total. The molecule has 1 amide bonds. The van der Waals surface area contributed by atoms with E-state index in [1.54, 1.807) is 11.8 Å². The van der Waals surface area contributed by atoms with E-state index in [-0.39, 0.29) is 11.8 Å². The molecule has 0 spiro atoms. The van der Waals surface area contributed by atoms with Gasteiger partial charge in [-0.1, -0.05) is 11.2 Å². The van der Waals surface area contributed by atoms with Crippen LogP contribution in [0.3, 0.4) is 0 Å². The number of carbonyl (C=O) groups is 1. The van der Waals surface area contributed by atoms with Crippen LogP contribution in [0.5, 0.6) is 0 Å². The first-order chi connectivity index (χ1) is 13.2. The van der Waals surface area contributed by atoms with Crippen molar-refractivity contribution in [2.24, 2.45) is 5.92 Å². The lowest BCUT2D eigenvalue weighted by Crippen LogP contribution is -2.41. The summed E-state index contributed by atoms with van der Waals surface area (Å²) in [5, 5.41) is 7.88. The third-order valence-corrected chi connectivity index (χ3v) is 5.58. The molecule has 1 unspecified atom stereocenters. The molecule has 0 saturated carbocycles. The van der Waals surface area contributed by atoms with E-state index < -0.39 is 0 Å². The summed E-state index contributed by atoms with van der Waals surface area (Å²) < 4.78 is 5.25. The summed E-state index contributed by atoms with van der Waals surface area (Å²) >= 11 is 1.66. The maximum absolute atomic E-state index is 12.8. The number of nitrogens with zero attached hydrogens (tertiary/aromatic N) is 4. The zero-order chi connectivity index (χ0) is 18.8. The molecule has 0 radical (unpaired) electrons. The number of fused-ring (bicyclic) bond motifs is 1. The summed E-state index contributed by atoms with van der Waals surface area (Å²) in [4.78, 5) is 24.7. The number of aromatic nitrogens is 3. The number of benzene rings is 1. The average molecular weight is 383 g/mol. The molecule has 2 aromatic heterocycles. The van der Waals surface area contributed by atoms with Gasteiger partial charge >= 0.3 is 0 Å². The van der Waals surface area contributed by atoms with Crippen LogP contribution in [-0.4, -0.2) is 40.4 Å². The lowest BCUT2D eigenvalue weighted by atomic mass is 9.96. The van der Waals surface area contributed by atoms with Crippen LogP contribution in [0.15, 0.2) is 40.0 Å². The molecule has 1 saturated heterocycles. The monoisotopic (exact) mass is 383 g/mol. The Hall–Kier alpha value is -2.61. The molecular formula is C19H21N5O2S. The maximum atomic E-state index is 12.8. The molecule has 3 aromatic rings. The van der Waals surface area contributed by atoms with Crippen LogP contribution in [-0.2, 0) is 4.79 Å². The number of carbonyl (C=O) groups excluding carboxylic acids is 1. The van der Waals surface area contributed by atoms with E-state index in [0.29, 0.717) is 12.3 Å². The van der Waals surface area contributed by atoms with Crippen molar-refractivity contribution in [3.63, 3.8) is 0 Å². The normalized spacial score (nSPS) is 17.3. The minimum absolute atomic E-state index is 0.0466. The van der Waals surface area contributed by atoms with Crippen molar-refractivity contribution in [2.45, 2.75) is 24.7 Å². The molecule has 1 N–H and O–H groups in total. The Labute approximate surface area is 161 Å². The van der Waals surface area contributed by atoms with Crippen molar-refractivity contribution in [3.8, 4) is 0 Å². The molecule has 3 heterocycles. The van der Waals surface area contributed by atoms with Gasteiger partial charge in [0.25, 0.3) is 5.71 Å². The van der Waals surface area contributed by atoms with Crippen molar-refractivity contribution < 1.29 is 9.32 Å². The lowest BCUT2D eigenvalue weighted by molar-refractivity contribution is -0.120. The third kappa shape index (κ3) is 3.62. The SMILES string of the molecule is CSc1cccc(NC(=O)C2CCCN(c3ncnc4onc(C)c34)C2)c1. The number of hydrogen-bond acceptors (Lipinski definition) is 7. The van der Waals surface area contributed by atoms with E-state index in [1.807, 2.05) is 37.4 Å². The Morgan fingerprint density at radius 3 is 3.11 bits per heavy atom. The summed E-state index contributed by atoms with van der Waals surface area (Å²) in [6.45, 7) is 3.35. The van der Waals surface area contributed by atoms with Crippen molar-refractivity contribution in [2.75, 3.05) is 29.6 Å². The van der Waals surface area contributed by atoms with E-state index in [4.69, 9.17) is 4.52 Å². The van der Waals surface area contributed by atoms with Crippen LogP contribution in [0.1, 0.15) is 18.5 Å². The van der Waals surface area contributed by atoms with Gasteiger partial charge in [-0.15, -0.1) is 11.8 Å². The first-order valence-electron chi connectivity index (χ1n) is 8.92. The molecule has 0 bridgehead atoms. The lowest BCUT2D eigenvalue weighted by Gasteiger charge is -2.33. The van der Waals surface area contributed by atoms with Crippen LogP contribution < -0.4 is 10.2 Å². The number of rotatable bonds is 4. The zero-order valence-electron chi connectivity index (χ0n) is 15.3. The Morgan fingerprint density at radius 2 is 2.26 bits per heavy atom. The van der Waals surface area contributed by atoms with Gasteiger partial charge in [-0.25, -0.2) is 4.98 Å². The average Bonchev–Trinajstić information content (AvgIpc) is 3.09. The van der Waals surface area contributed by atoms with Crippen molar-refractivity contribution >= 4 is 40.3 Å². The van der Waals surface area contributed by atoms with E-state index in [2.05, 4.69) is 25.3 Å². The summed E-state index contributed by atoms with van der Waals surface area (Å²) in [5.41, 5.74) is 2.09. The Bertz CT molecular complexity index is 974. The van der Waals surface area contributed by atoms with E-state index in [0.717, 1.165) is 46.9 Å². The molecule has 140 valence electrons. The molecule has 27 heavy (non-hydrogen) atoms. The highest BCUT2D eigenvalue weighted by molar-refractivity contribution is 7.98. The molecule has 1 aromatic carbocycles. The number of aryl methyl sites for hydroxylation is 1. The maximum Gasteiger partial charge on any atom is 0.263 e. The number of anilines is 2. The Balaban J connectivity index is 1.52. The minimum atomic E-state index is -0.0955. The Morgan fingerprint density at radius 1 is 1.37 bits per heavy atom. The van der Waals surface area contributed by atoms with Crippen molar-refractivity contribution in [1.82, 2.24) is 15.1 Å². The van der Waals surface area contributed by atoms with Gasteiger partial charge in [-0.2, -0.15) is 4.98 Å². The molecule has 0 aliphatic carbocycles.